The number of anilines is 3. The van der Waals surface area contributed by atoms with E-state index in [-0.39, 0.29) is 5.92 Å². The number of para-hydroxylation sites is 1. The van der Waals surface area contributed by atoms with Crippen LogP contribution in [0.2, 0.25) is 0 Å². The van der Waals surface area contributed by atoms with Crippen LogP contribution in [0.1, 0.15) is 18.4 Å². The first-order valence-corrected chi connectivity index (χ1v) is 10.2. The predicted octanol–water partition coefficient (Wildman–Crippen LogP) is 4.30. The molecule has 0 bridgehead atoms. The number of pyridine rings is 1. The highest BCUT2D eigenvalue weighted by atomic mass is 32.1. The molecule has 0 radical (unpaired) electrons. The number of likely N-dealkylation sites (tertiary alicyclic amines) is 1. The lowest BCUT2D eigenvalue weighted by Gasteiger charge is -2.30. The molecule has 0 unspecified atom stereocenters. The predicted molar refractivity (Wildman–Crippen MR) is 110 cm³/mol. The molecule has 1 fully saturated rings. The molecule has 0 atom stereocenters. The Morgan fingerprint density at radius 1 is 1.14 bits per heavy atom. The minimum absolute atomic E-state index is 0.206. The summed E-state index contributed by atoms with van der Waals surface area (Å²) in [5, 5.41) is 12.0. The number of hydrogen-bond donors (Lipinski definition) is 1. The Kier molecular flexibility index (Phi) is 5.64. The molecule has 4 rings (SSSR count). The minimum atomic E-state index is -0.673. The SMILES string of the molecule is O=C(O)C1CCN(Cc2ccnc(N(c3ccccc3)c3nccs3)c2)CC1. The van der Waals surface area contributed by atoms with Gasteiger partial charge in [0.2, 0.25) is 0 Å². The topological polar surface area (TPSA) is 69.6 Å². The normalized spacial score (nSPS) is 15.4. The maximum atomic E-state index is 11.1. The van der Waals surface area contributed by atoms with Crippen LogP contribution < -0.4 is 4.90 Å². The van der Waals surface area contributed by atoms with E-state index < -0.39 is 5.97 Å². The molecule has 1 saturated heterocycles. The Morgan fingerprint density at radius 2 is 1.93 bits per heavy atom. The van der Waals surface area contributed by atoms with E-state index >= 15 is 0 Å². The number of thiazole rings is 1. The maximum absolute atomic E-state index is 11.1. The zero-order valence-electron chi connectivity index (χ0n) is 15.4. The van der Waals surface area contributed by atoms with E-state index in [2.05, 4.69) is 25.8 Å². The molecule has 2 aromatic heterocycles. The highest BCUT2D eigenvalue weighted by Gasteiger charge is 2.24. The van der Waals surface area contributed by atoms with E-state index in [1.165, 1.54) is 0 Å². The summed E-state index contributed by atoms with van der Waals surface area (Å²) in [6.07, 6.45) is 5.05. The summed E-state index contributed by atoms with van der Waals surface area (Å²) in [7, 11) is 0. The fourth-order valence-electron chi connectivity index (χ4n) is 3.52. The van der Waals surface area contributed by atoms with Crippen molar-refractivity contribution in [2.24, 2.45) is 5.92 Å². The van der Waals surface area contributed by atoms with Crippen molar-refractivity contribution in [2.75, 3.05) is 18.0 Å². The average Bonchev–Trinajstić information content (AvgIpc) is 3.24. The number of piperidine rings is 1. The smallest absolute Gasteiger partial charge is 0.306 e. The molecule has 0 saturated carbocycles. The van der Waals surface area contributed by atoms with Gasteiger partial charge in [-0.25, -0.2) is 9.97 Å². The molecule has 0 spiro atoms. The summed E-state index contributed by atoms with van der Waals surface area (Å²) in [4.78, 5) is 24.6. The molecule has 0 amide bonds. The minimum Gasteiger partial charge on any atom is -0.481 e. The van der Waals surface area contributed by atoms with Gasteiger partial charge in [-0.3, -0.25) is 14.6 Å². The molecule has 6 nitrogen and oxygen atoms in total. The van der Waals surface area contributed by atoms with Gasteiger partial charge < -0.3 is 5.11 Å². The van der Waals surface area contributed by atoms with Gasteiger partial charge in [0.05, 0.1) is 5.92 Å². The molecule has 7 heteroatoms. The molecule has 0 aliphatic carbocycles. The molecular formula is C21H22N4O2S. The van der Waals surface area contributed by atoms with Crippen LogP contribution in [-0.2, 0) is 11.3 Å². The highest BCUT2D eigenvalue weighted by Crippen LogP contribution is 2.34. The Labute approximate surface area is 168 Å². The second-order valence-corrected chi connectivity index (χ2v) is 7.77. The summed E-state index contributed by atoms with van der Waals surface area (Å²) < 4.78 is 0. The monoisotopic (exact) mass is 394 g/mol. The third-order valence-electron chi connectivity index (χ3n) is 5.01. The van der Waals surface area contributed by atoms with Gasteiger partial charge in [0, 0.05) is 30.0 Å². The first-order valence-electron chi connectivity index (χ1n) is 9.35. The maximum Gasteiger partial charge on any atom is 0.306 e. The van der Waals surface area contributed by atoms with Crippen LogP contribution in [0.4, 0.5) is 16.6 Å². The highest BCUT2D eigenvalue weighted by molar-refractivity contribution is 7.13. The van der Waals surface area contributed by atoms with Gasteiger partial charge in [-0.1, -0.05) is 18.2 Å². The molecule has 1 aromatic carbocycles. The Balaban J connectivity index is 1.54. The second-order valence-electron chi connectivity index (χ2n) is 6.90. The zero-order valence-corrected chi connectivity index (χ0v) is 16.3. The zero-order chi connectivity index (χ0) is 19.3. The van der Waals surface area contributed by atoms with E-state index in [0.717, 1.165) is 41.8 Å². The van der Waals surface area contributed by atoms with Crippen LogP contribution in [-0.4, -0.2) is 39.0 Å². The van der Waals surface area contributed by atoms with Crippen LogP contribution in [0.5, 0.6) is 0 Å². The van der Waals surface area contributed by atoms with E-state index in [1.54, 1.807) is 17.5 Å². The van der Waals surface area contributed by atoms with Gasteiger partial charge in [0.1, 0.15) is 5.82 Å². The Bertz CT molecular complexity index is 909. The van der Waals surface area contributed by atoms with E-state index in [4.69, 9.17) is 0 Å². The standard InChI is InChI=1S/C21H22N4O2S/c26-20(27)17-7-11-24(12-8-17)15-16-6-9-22-19(14-16)25(21-23-10-13-28-21)18-4-2-1-3-5-18/h1-6,9-10,13-14,17H,7-8,11-12,15H2,(H,26,27). The molecule has 3 aromatic rings. The average molecular weight is 395 g/mol. The van der Waals surface area contributed by atoms with Crippen molar-refractivity contribution < 1.29 is 9.90 Å². The lowest BCUT2D eigenvalue weighted by atomic mass is 9.97. The van der Waals surface area contributed by atoms with Crippen molar-refractivity contribution >= 4 is 33.9 Å². The third kappa shape index (κ3) is 4.21. The summed E-state index contributed by atoms with van der Waals surface area (Å²) in [5.74, 6) is -0.0467. The number of carboxylic acid groups (broad SMARTS) is 1. The number of nitrogens with zero attached hydrogens (tertiary/aromatic N) is 4. The fourth-order valence-corrected chi connectivity index (χ4v) is 4.19. The fraction of sp³-hybridized carbons (Fsp3) is 0.286. The van der Waals surface area contributed by atoms with Crippen molar-refractivity contribution in [3.63, 3.8) is 0 Å². The number of aromatic nitrogens is 2. The van der Waals surface area contributed by atoms with E-state index in [9.17, 15) is 9.90 Å². The van der Waals surface area contributed by atoms with Crippen molar-refractivity contribution in [3.8, 4) is 0 Å². The van der Waals surface area contributed by atoms with Crippen molar-refractivity contribution in [1.29, 1.82) is 0 Å². The number of aliphatic carboxylic acids is 1. The number of hydrogen-bond acceptors (Lipinski definition) is 6. The molecule has 144 valence electrons. The molecular weight excluding hydrogens is 372 g/mol. The summed E-state index contributed by atoms with van der Waals surface area (Å²) in [6, 6.07) is 14.2. The van der Waals surface area contributed by atoms with E-state index in [0.29, 0.717) is 12.8 Å². The quantitative estimate of drug-likeness (QED) is 0.672. The van der Waals surface area contributed by atoms with Crippen LogP contribution >= 0.6 is 11.3 Å². The molecule has 1 aliphatic rings. The second kappa shape index (κ2) is 8.50. The first-order chi connectivity index (χ1) is 13.7. The van der Waals surface area contributed by atoms with Crippen LogP contribution in [0.25, 0.3) is 0 Å². The van der Waals surface area contributed by atoms with Crippen LogP contribution in [0.15, 0.2) is 60.2 Å². The van der Waals surface area contributed by atoms with Gasteiger partial charge in [0.25, 0.3) is 0 Å². The largest absolute Gasteiger partial charge is 0.481 e. The number of rotatable bonds is 6. The van der Waals surface area contributed by atoms with Gasteiger partial charge in [0.15, 0.2) is 5.13 Å². The first kappa shape index (κ1) is 18.6. The van der Waals surface area contributed by atoms with Gasteiger partial charge in [-0.15, -0.1) is 11.3 Å². The van der Waals surface area contributed by atoms with Crippen molar-refractivity contribution in [3.05, 3.63) is 65.8 Å². The Hall–Kier alpha value is -2.77. The summed E-state index contributed by atoms with van der Waals surface area (Å²) in [6.45, 7) is 2.41. The summed E-state index contributed by atoms with van der Waals surface area (Å²) >= 11 is 1.57. The van der Waals surface area contributed by atoms with Gasteiger partial charge in [-0.2, -0.15) is 0 Å². The summed E-state index contributed by atoms with van der Waals surface area (Å²) in [5.41, 5.74) is 2.18. The van der Waals surface area contributed by atoms with Crippen molar-refractivity contribution in [2.45, 2.75) is 19.4 Å². The van der Waals surface area contributed by atoms with Gasteiger partial charge in [-0.05, 0) is 55.8 Å². The van der Waals surface area contributed by atoms with Crippen molar-refractivity contribution in [1.82, 2.24) is 14.9 Å². The molecule has 28 heavy (non-hydrogen) atoms. The number of benzene rings is 1. The van der Waals surface area contributed by atoms with Crippen LogP contribution in [0, 0.1) is 5.92 Å². The van der Waals surface area contributed by atoms with E-state index in [1.807, 2.05) is 48.0 Å². The number of carboxylic acids is 1. The molecule has 1 aliphatic heterocycles. The lowest BCUT2D eigenvalue weighted by Crippen LogP contribution is -2.35. The molecule has 3 heterocycles. The molecule has 1 N–H and O–H groups in total. The lowest BCUT2D eigenvalue weighted by molar-refractivity contribution is -0.143. The third-order valence-corrected chi connectivity index (χ3v) is 5.76. The van der Waals surface area contributed by atoms with Gasteiger partial charge >= 0.3 is 5.97 Å². The van der Waals surface area contributed by atoms with Crippen LogP contribution in [0.3, 0.4) is 0 Å². The number of carbonyl (C=O) groups is 1. The Morgan fingerprint density at radius 3 is 2.61 bits per heavy atom.